The summed E-state index contributed by atoms with van der Waals surface area (Å²) in [6.07, 6.45) is 2.69. The number of aliphatic hydroxyl groups is 1. The van der Waals surface area contributed by atoms with Gasteiger partial charge in [-0.3, -0.25) is 4.72 Å². The number of benzene rings is 2. The van der Waals surface area contributed by atoms with Crippen molar-refractivity contribution >= 4 is 37.8 Å². The van der Waals surface area contributed by atoms with Crippen LogP contribution < -0.4 is 9.46 Å². The van der Waals surface area contributed by atoms with Crippen molar-refractivity contribution in [2.45, 2.75) is 0 Å². The molecule has 0 aliphatic carbocycles. The number of aromatic nitrogens is 2. The molecule has 9 heteroatoms. The number of ether oxygens (including phenoxy) is 1. The van der Waals surface area contributed by atoms with Crippen LogP contribution in [-0.2, 0) is 10.0 Å². The quantitative estimate of drug-likeness (QED) is 0.515. The molecule has 7 nitrogen and oxygen atoms in total. The van der Waals surface area contributed by atoms with Gasteiger partial charge in [0.15, 0.2) is 5.82 Å². The molecule has 0 unspecified atom stereocenters. The number of nitrogens with zero attached hydrogens (tertiary/aromatic N) is 2. The molecular formula is C20H18BrN3O4S. The molecule has 0 spiro atoms. The summed E-state index contributed by atoms with van der Waals surface area (Å²) in [4.78, 5) is 8.19. The van der Waals surface area contributed by atoms with Crippen molar-refractivity contribution in [3.63, 3.8) is 0 Å². The molecule has 0 amide bonds. The van der Waals surface area contributed by atoms with Gasteiger partial charge >= 0.3 is 0 Å². The van der Waals surface area contributed by atoms with E-state index in [-0.39, 0.29) is 24.9 Å². The van der Waals surface area contributed by atoms with Gasteiger partial charge < -0.3 is 9.84 Å². The van der Waals surface area contributed by atoms with Crippen LogP contribution >= 0.6 is 15.9 Å². The van der Waals surface area contributed by atoms with E-state index in [4.69, 9.17) is 9.84 Å². The molecule has 3 aromatic rings. The number of rotatable bonds is 8. The molecule has 0 fully saturated rings. The van der Waals surface area contributed by atoms with Crippen molar-refractivity contribution in [2.24, 2.45) is 0 Å². The van der Waals surface area contributed by atoms with E-state index in [0.29, 0.717) is 11.1 Å². The summed E-state index contributed by atoms with van der Waals surface area (Å²) in [7, 11) is -3.84. The lowest BCUT2D eigenvalue weighted by Crippen LogP contribution is -2.13. The summed E-state index contributed by atoms with van der Waals surface area (Å²) in [6.45, 7) is -0.189. The summed E-state index contributed by atoms with van der Waals surface area (Å²) in [6, 6.07) is 16.3. The number of anilines is 1. The van der Waals surface area contributed by atoms with E-state index in [1.807, 2.05) is 30.3 Å². The van der Waals surface area contributed by atoms with E-state index >= 15 is 0 Å². The third-order valence-electron chi connectivity index (χ3n) is 3.75. The maximum atomic E-state index is 12.6. The summed E-state index contributed by atoms with van der Waals surface area (Å²) < 4.78 is 34.0. The highest BCUT2D eigenvalue weighted by Crippen LogP contribution is 2.35. The highest BCUT2D eigenvalue weighted by molar-refractivity contribution is 9.10. The van der Waals surface area contributed by atoms with Crippen LogP contribution in [0.15, 0.2) is 70.8 Å². The Morgan fingerprint density at radius 3 is 2.48 bits per heavy atom. The highest BCUT2D eigenvalue weighted by atomic mass is 79.9. The SMILES string of the molecule is O=S(=O)(C=Cc1ccccc1)Nc1ncnc(OCCO)c1-c1ccc(Br)cc1. The molecule has 0 radical (unpaired) electrons. The first-order chi connectivity index (χ1) is 14.0. The smallest absolute Gasteiger partial charge is 0.256 e. The van der Waals surface area contributed by atoms with Gasteiger partial charge in [0, 0.05) is 4.47 Å². The van der Waals surface area contributed by atoms with Gasteiger partial charge in [-0.25, -0.2) is 18.4 Å². The van der Waals surface area contributed by atoms with E-state index in [1.165, 1.54) is 12.4 Å². The fourth-order valence-corrected chi connectivity index (χ4v) is 3.57. The zero-order valence-corrected chi connectivity index (χ0v) is 17.6. The molecule has 0 aliphatic rings. The van der Waals surface area contributed by atoms with Crippen LogP contribution in [0.4, 0.5) is 5.82 Å². The number of sulfonamides is 1. The monoisotopic (exact) mass is 475 g/mol. The molecule has 0 bridgehead atoms. The van der Waals surface area contributed by atoms with Crippen LogP contribution in [0, 0.1) is 0 Å². The van der Waals surface area contributed by atoms with Crippen molar-refractivity contribution in [1.82, 2.24) is 9.97 Å². The van der Waals surface area contributed by atoms with Gasteiger partial charge in [-0.05, 0) is 29.3 Å². The second-order valence-corrected chi connectivity index (χ2v) is 8.32. The second-order valence-electron chi connectivity index (χ2n) is 5.84. The van der Waals surface area contributed by atoms with Gasteiger partial charge in [0.2, 0.25) is 5.88 Å². The Hall–Kier alpha value is -2.75. The molecule has 0 aliphatic heterocycles. The van der Waals surface area contributed by atoms with Crippen molar-refractivity contribution in [2.75, 3.05) is 17.9 Å². The van der Waals surface area contributed by atoms with Gasteiger partial charge in [0.05, 0.1) is 17.6 Å². The zero-order chi connectivity index (χ0) is 20.7. The normalized spacial score (nSPS) is 11.5. The molecule has 0 saturated carbocycles. The number of nitrogens with one attached hydrogen (secondary N) is 1. The number of hydrogen-bond acceptors (Lipinski definition) is 6. The van der Waals surface area contributed by atoms with E-state index in [1.54, 1.807) is 24.3 Å². The van der Waals surface area contributed by atoms with Gasteiger partial charge in [-0.2, -0.15) is 0 Å². The topological polar surface area (TPSA) is 101 Å². The summed E-state index contributed by atoms with van der Waals surface area (Å²) in [5, 5.41) is 10.1. The maximum absolute atomic E-state index is 12.6. The predicted octanol–water partition coefficient (Wildman–Crippen LogP) is 3.69. The van der Waals surface area contributed by atoms with Gasteiger partial charge in [0.25, 0.3) is 10.0 Å². The average Bonchev–Trinajstić information content (AvgIpc) is 2.72. The van der Waals surface area contributed by atoms with Gasteiger partial charge in [0.1, 0.15) is 12.9 Å². The molecule has 1 aromatic heterocycles. The first-order valence-corrected chi connectivity index (χ1v) is 10.9. The first-order valence-electron chi connectivity index (χ1n) is 8.59. The Morgan fingerprint density at radius 1 is 1.07 bits per heavy atom. The van der Waals surface area contributed by atoms with E-state index in [9.17, 15) is 8.42 Å². The van der Waals surface area contributed by atoms with Crippen molar-refractivity contribution in [3.8, 4) is 17.0 Å². The highest BCUT2D eigenvalue weighted by Gasteiger charge is 2.18. The third kappa shape index (κ3) is 5.86. The number of aliphatic hydroxyl groups excluding tert-OH is 1. The van der Waals surface area contributed by atoms with Crippen LogP contribution in [0.1, 0.15) is 5.56 Å². The molecule has 0 saturated heterocycles. The Bertz CT molecular complexity index is 1090. The lowest BCUT2D eigenvalue weighted by molar-refractivity contribution is 0.197. The Morgan fingerprint density at radius 2 is 1.79 bits per heavy atom. The van der Waals surface area contributed by atoms with Crippen LogP contribution in [0.3, 0.4) is 0 Å². The Kier molecular flexibility index (Phi) is 6.97. The largest absolute Gasteiger partial charge is 0.475 e. The van der Waals surface area contributed by atoms with E-state index in [2.05, 4.69) is 30.6 Å². The maximum Gasteiger partial charge on any atom is 0.256 e. The number of hydrogen-bond donors (Lipinski definition) is 2. The molecule has 3 rings (SSSR count). The summed E-state index contributed by atoms with van der Waals surface area (Å²) in [5.41, 5.74) is 1.79. The van der Waals surface area contributed by atoms with Crippen molar-refractivity contribution < 1.29 is 18.3 Å². The molecule has 2 aromatic carbocycles. The second kappa shape index (κ2) is 9.64. The average molecular weight is 476 g/mol. The van der Waals surface area contributed by atoms with Crippen LogP contribution in [-0.4, -0.2) is 36.7 Å². The fourth-order valence-electron chi connectivity index (χ4n) is 2.48. The van der Waals surface area contributed by atoms with Crippen LogP contribution in [0.2, 0.25) is 0 Å². The lowest BCUT2D eigenvalue weighted by atomic mass is 10.1. The standard InChI is InChI=1S/C20H18BrN3O4S/c21-17-8-6-16(7-9-17)18-19(22-14-23-20(18)28-12-11-25)24-29(26,27)13-10-15-4-2-1-3-5-15/h1-10,13-14,25H,11-12H2,(H,22,23,24). The minimum atomic E-state index is -3.84. The van der Waals surface area contributed by atoms with E-state index in [0.717, 1.165) is 15.4 Å². The summed E-state index contributed by atoms with van der Waals surface area (Å²) in [5.74, 6) is 0.245. The Labute approximate surface area is 177 Å². The van der Waals surface area contributed by atoms with Crippen LogP contribution in [0.25, 0.3) is 17.2 Å². The molecule has 2 N–H and O–H groups in total. The van der Waals surface area contributed by atoms with Crippen LogP contribution in [0.5, 0.6) is 5.88 Å². The van der Waals surface area contributed by atoms with Crippen molar-refractivity contribution in [1.29, 1.82) is 0 Å². The van der Waals surface area contributed by atoms with Crippen molar-refractivity contribution in [3.05, 3.63) is 76.4 Å². The zero-order valence-electron chi connectivity index (χ0n) is 15.2. The minimum absolute atomic E-state index is 0.0145. The third-order valence-corrected chi connectivity index (χ3v) is 5.25. The molecular weight excluding hydrogens is 458 g/mol. The minimum Gasteiger partial charge on any atom is -0.475 e. The lowest BCUT2D eigenvalue weighted by Gasteiger charge is -2.14. The van der Waals surface area contributed by atoms with Gasteiger partial charge in [-0.1, -0.05) is 58.4 Å². The molecule has 29 heavy (non-hydrogen) atoms. The predicted molar refractivity (Wildman–Crippen MR) is 116 cm³/mol. The Balaban J connectivity index is 1.97. The molecule has 1 heterocycles. The van der Waals surface area contributed by atoms with Gasteiger partial charge in [-0.15, -0.1) is 0 Å². The molecule has 150 valence electrons. The fraction of sp³-hybridized carbons (Fsp3) is 0.100. The van der Waals surface area contributed by atoms with E-state index < -0.39 is 10.0 Å². The first kappa shape index (κ1) is 21.0. The number of halogens is 1. The molecule has 0 atom stereocenters. The summed E-state index contributed by atoms with van der Waals surface area (Å²) >= 11 is 3.37.